The van der Waals surface area contributed by atoms with Crippen molar-refractivity contribution in [1.29, 1.82) is 5.26 Å². The van der Waals surface area contributed by atoms with Gasteiger partial charge in [-0.25, -0.2) is 0 Å². The predicted molar refractivity (Wildman–Crippen MR) is 86.4 cm³/mol. The molecule has 0 saturated heterocycles. The maximum atomic E-state index is 9.17. The molecular formula is C18H23N3. The van der Waals surface area contributed by atoms with Gasteiger partial charge in [-0.1, -0.05) is 0 Å². The molecule has 0 amide bonds. The van der Waals surface area contributed by atoms with Crippen LogP contribution in [0.25, 0.3) is 10.9 Å². The Morgan fingerprint density at radius 3 is 2.76 bits per heavy atom. The Bertz CT molecular complexity index is 690. The van der Waals surface area contributed by atoms with E-state index in [2.05, 4.69) is 54.9 Å². The Hall–Kier alpha value is -1.79. The van der Waals surface area contributed by atoms with Crippen molar-refractivity contribution < 1.29 is 0 Å². The molecule has 0 aliphatic heterocycles. The highest BCUT2D eigenvalue weighted by Gasteiger charge is 2.29. The number of aryl methyl sites for hydroxylation is 1. The highest BCUT2D eigenvalue weighted by Crippen LogP contribution is 2.40. The number of nitriles is 1. The molecule has 1 aromatic heterocycles. The van der Waals surface area contributed by atoms with Gasteiger partial charge in [0, 0.05) is 29.7 Å². The van der Waals surface area contributed by atoms with Crippen LogP contribution in [0.1, 0.15) is 43.2 Å². The SMILES string of the molecule is CCn1cc([C@@H]2CC[C@H](N(C)C)C2)c2cc(C#N)ccc21. The molecule has 1 aliphatic carbocycles. The van der Waals surface area contributed by atoms with Crippen LogP contribution in [0.2, 0.25) is 0 Å². The van der Waals surface area contributed by atoms with E-state index in [4.69, 9.17) is 5.26 Å². The van der Waals surface area contributed by atoms with Gasteiger partial charge < -0.3 is 9.47 Å². The standard InChI is InChI=1S/C18H23N3/c1-4-21-12-17(14-6-7-15(10-14)20(2)3)16-9-13(11-19)5-8-18(16)21/h5,8-9,12,14-15H,4,6-7,10H2,1-3H3/t14-,15+/m1/s1. The van der Waals surface area contributed by atoms with Gasteiger partial charge in [-0.15, -0.1) is 0 Å². The first-order chi connectivity index (χ1) is 10.1. The fraction of sp³-hybridized carbons (Fsp3) is 0.500. The Kier molecular flexibility index (Phi) is 3.73. The maximum Gasteiger partial charge on any atom is 0.0991 e. The van der Waals surface area contributed by atoms with Crippen molar-refractivity contribution in [2.75, 3.05) is 14.1 Å². The number of aromatic nitrogens is 1. The smallest absolute Gasteiger partial charge is 0.0991 e. The fourth-order valence-corrected chi connectivity index (χ4v) is 3.69. The molecule has 110 valence electrons. The third-order valence-electron chi connectivity index (χ3n) is 4.96. The molecule has 1 aromatic carbocycles. The highest BCUT2D eigenvalue weighted by atomic mass is 15.1. The first-order valence-electron chi connectivity index (χ1n) is 7.83. The van der Waals surface area contributed by atoms with Crippen molar-refractivity contribution in [1.82, 2.24) is 9.47 Å². The molecule has 1 heterocycles. The van der Waals surface area contributed by atoms with Crippen LogP contribution < -0.4 is 0 Å². The van der Waals surface area contributed by atoms with E-state index in [1.165, 1.54) is 35.7 Å². The van der Waals surface area contributed by atoms with E-state index in [1.54, 1.807) is 0 Å². The summed E-state index contributed by atoms with van der Waals surface area (Å²) in [7, 11) is 4.35. The Balaban J connectivity index is 2.04. The molecule has 0 unspecified atom stereocenters. The van der Waals surface area contributed by atoms with Crippen LogP contribution in [0.4, 0.5) is 0 Å². The predicted octanol–water partition coefficient (Wildman–Crippen LogP) is 3.73. The van der Waals surface area contributed by atoms with Crippen LogP contribution in [0.15, 0.2) is 24.4 Å². The van der Waals surface area contributed by atoms with Crippen molar-refractivity contribution in [3.8, 4) is 6.07 Å². The first kappa shape index (κ1) is 14.2. The minimum Gasteiger partial charge on any atom is -0.347 e. The summed E-state index contributed by atoms with van der Waals surface area (Å²) in [5, 5.41) is 10.4. The summed E-state index contributed by atoms with van der Waals surface area (Å²) in [6.07, 6.45) is 6.07. The lowest BCUT2D eigenvalue weighted by Gasteiger charge is -2.18. The number of hydrogen-bond acceptors (Lipinski definition) is 2. The number of hydrogen-bond donors (Lipinski definition) is 0. The molecule has 3 rings (SSSR count). The van der Waals surface area contributed by atoms with Gasteiger partial charge in [0.1, 0.15) is 0 Å². The van der Waals surface area contributed by atoms with Crippen molar-refractivity contribution >= 4 is 10.9 Å². The maximum absolute atomic E-state index is 9.17. The molecule has 2 atom stereocenters. The average molecular weight is 281 g/mol. The van der Waals surface area contributed by atoms with Gasteiger partial charge in [-0.05, 0) is 70.0 Å². The van der Waals surface area contributed by atoms with Crippen LogP contribution in [0.5, 0.6) is 0 Å². The molecule has 21 heavy (non-hydrogen) atoms. The first-order valence-corrected chi connectivity index (χ1v) is 7.83. The van der Waals surface area contributed by atoms with E-state index in [1.807, 2.05) is 6.07 Å². The summed E-state index contributed by atoms with van der Waals surface area (Å²) in [5.41, 5.74) is 3.47. The summed E-state index contributed by atoms with van der Waals surface area (Å²) in [5.74, 6) is 0.627. The molecule has 0 bridgehead atoms. The molecule has 1 aliphatic rings. The van der Waals surface area contributed by atoms with Crippen LogP contribution >= 0.6 is 0 Å². The highest BCUT2D eigenvalue weighted by molar-refractivity contribution is 5.86. The third-order valence-corrected chi connectivity index (χ3v) is 4.96. The fourth-order valence-electron chi connectivity index (χ4n) is 3.69. The Morgan fingerprint density at radius 1 is 1.33 bits per heavy atom. The Labute approximate surface area is 126 Å². The van der Waals surface area contributed by atoms with Gasteiger partial charge in [0.15, 0.2) is 0 Å². The summed E-state index contributed by atoms with van der Waals surface area (Å²) >= 11 is 0. The second-order valence-electron chi connectivity index (χ2n) is 6.34. The summed E-state index contributed by atoms with van der Waals surface area (Å²) in [4.78, 5) is 2.35. The lowest BCUT2D eigenvalue weighted by Crippen LogP contribution is -2.24. The average Bonchev–Trinajstić information content (AvgIpc) is 3.10. The third kappa shape index (κ3) is 2.45. The van der Waals surface area contributed by atoms with Gasteiger partial charge in [-0.3, -0.25) is 0 Å². The van der Waals surface area contributed by atoms with Crippen LogP contribution in [0, 0.1) is 11.3 Å². The second-order valence-corrected chi connectivity index (χ2v) is 6.34. The van der Waals surface area contributed by atoms with Gasteiger partial charge >= 0.3 is 0 Å². The largest absolute Gasteiger partial charge is 0.347 e. The number of fused-ring (bicyclic) bond motifs is 1. The van der Waals surface area contributed by atoms with Crippen molar-refractivity contribution in [2.24, 2.45) is 0 Å². The summed E-state index contributed by atoms with van der Waals surface area (Å²) < 4.78 is 2.31. The minimum atomic E-state index is 0.627. The number of rotatable bonds is 3. The van der Waals surface area contributed by atoms with E-state index in [-0.39, 0.29) is 0 Å². The normalized spacial score (nSPS) is 22.0. The Morgan fingerprint density at radius 2 is 2.14 bits per heavy atom. The van der Waals surface area contributed by atoms with Crippen molar-refractivity contribution in [3.63, 3.8) is 0 Å². The molecule has 2 aromatic rings. The van der Waals surface area contributed by atoms with Crippen LogP contribution in [-0.4, -0.2) is 29.6 Å². The number of benzene rings is 1. The zero-order chi connectivity index (χ0) is 15.0. The van der Waals surface area contributed by atoms with E-state index >= 15 is 0 Å². The van der Waals surface area contributed by atoms with E-state index in [0.717, 1.165) is 12.1 Å². The quantitative estimate of drug-likeness (QED) is 0.858. The monoisotopic (exact) mass is 281 g/mol. The minimum absolute atomic E-state index is 0.627. The molecule has 1 fully saturated rings. The van der Waals surface area contributed by atoms with Gasteiger partial charge in [0.05, 0.1) is 11.6 Å². The molecule has 0 N–H and O–H groups in total. The van der Waals surface area contributed by atoms with Gasteiger partial charge in [-0.2, -0.15) is 5.26 Å². The van der Waals surface area contributed by atoms with E-state index in [0.29, 0.717) is 12.0 Å². The number of nitrogens with zero attached hydrogens (tertiary/aromatic N) is 3. The lowest BCUT2D eigenvalue weighted by atomic mass is 9.96. The molecule has 3 heteroatoms. The van der Waals surface area contributed by atoms with E-state index < -0.39 is 0 Å². The van der Waals surface area contributed by atoms with Crippen molar-refractivity contribution in [3.05, 3.63) is 35.5 Å². The molecule has 0 spiro atoms. The van der Waals surface area contributed by atoms with Crippen LogP contribution in [-0.2, 0) is 6.54 Å². The molecular weight excluding hydrogens is 258 g/mol. The van der Waals surface area contributed by atoms with Crippen molar-refractivity contribution in [2.45, 2.75) is 44.7 Å². The molecule has 3 nitrogen and oxygen atoms in total. The van der Waals surface area contributed by atoms with E-state index in [9.17, 15) is 0 Å². The topological polar surface area (TPSA) is 32.0 Å². The zero-order valence-corrected chi connectivity index (χ0v) is 13.1. The summed E-state index contributed by atoms with van der Waals surface area (Å²) in [6, 6.07) is 9.05. The lowest BCUT2D eigenvalue weighted by molar-refractivity contribution is 0.297. The van der Waals surface area contributed by atoms with Gasteiger partial charge in [0.25, 0.3) is 0 Å². The summed E-state index contributed by atoms with van der Waals surface area (Å²) in [6.45, 7) is 3.16. The molecule has 0 radical (unpaired) electrons. The van der Waals surface area contributed by atoms with Gasteiger partial charge in [0.2, 0.25) is 0 Å². The second kappa shape index (κ2) is 5.54. The zero-order valence-electron chi connectivity index (χ0n) is 13.1. The molecule has 1 saturated carbocycles. The van der Waals surface area contributed by atoms with Crippen LogP contribution in [0.3, 0.4) is 0 Å².